The first-order chi connectivity index (χ1) is 14.5. The first-order valence-electron chi connectivity index (χ1n) is 9.91. The molecule has 0 bridgehead atoms. The van der Waals surface area contributed by atoms with E-state index >= 15 is 0 Å². The summed E-state index contributed by atoms with van der Waals surface area (Å²) in [5, 5.41) is 0. The Labute approximate surface area is 177 Å². The smallest absolute Gasteiger partial charge is 0.185 e. The van der Waals surface area contributed by atoms with E-state index in [1.165, 1.54) is 35.9 Å². The minimum Gasteiger partial charge on any atom is -0.376 e. The molecule has 0 aliphatic heterocycles. The quantitative estimate of drug-likeness (QED) is 0.232. The summed E-state index contributed by atoms with van der Waals surface area (Å²) in [6.07, 6.45) is 4.09. The Morgan fingerprint density at radius 3 is 2.13 bits per heavy atom. The number of benzene rings is 3. The van der Waals surface area contributed by atoms with Crippen molar-refractivity contribution in [2.45, 2.75) is 20.0 Å². The van der Waals surface area contributed by atoms with E-state index in [9.17, 15) is 9.18 Å². The largest absolute Gasteiger partial charge is 0.376 e. The van der Waals surface area contributed by atoms with E-state index in [2.05, 4.69) is 30.8 Å². The van der Waals surface area contributed by atoms with Crippen molar-refractivity contribution >= 4 is 17.4 Å². The lowest BCUT2D eigenvalue weighted by molar-refractivity contribution is 0.104. The van der Waals surface area contributed by atoms with Crippen LogP contribution in [0, 0.1) is 5.82 Å². The van der Waals surface area contributed by atoms with Gasteiger partial charge < -0.3 is 4.74 Å². The predicted octanol–water partition coefficient (Wildman–Crippen LogP) is 6.51. The van der Waals surface area contributed by atoms with Gasteiger partial charge in [-0.05, 0) is 65.9 Å². The van der Waals surface area contributed by atoms with Gasteiger partial charge in [0, 0.05) is 5.56 Å². The molecule has 0 fully saturated rings. The van der Waals surface area contributed by atoms with Gasteiger partial charge in [-0.1, -0.05) is 66.8 Å². The molecule has 0 aromatic heterocycles. The molecule has 0 aliphatic rings. The van der Waals surface area contributed by atoms with Crippen molar-refractivity contribution in [3.63, 3.8) is 0 Å². The molecule has 0 heterocycles. The van der Waals surface area contributed by atoms with Crippen LogP contribution in [-0.2, 0) is 17.8 Å². The number of hydrogen-bond acceptors (Lipinski definition) is 2. The summed E-state index contributed by atoms with van der Waals surface area (Å²) in [5.74, 6) is -0.500. The van der Waals surface area contributed by atoms with E-state index in [-0.39, 0.29) is 11.6 Å². The number of ether oxygens (including phenoxy) is 1. The number of ketones is 1. The van der Waals surface area contributed by atoms with Crippen LogP contribution in [0.2, 0.25) is 0 Å². The third kappa shape index (κ3) is 6.36. The van der Waals surface area contributed by atoms with Crippen LogP contribution < -0.4 is 0 Å². The molecule has 152 valence electrons. The number of allylic oxidation sites excluding steroid dienone is 2. The Kier molecular flexibility index (Phi) is 7.47. The highest BCUT2D eigenvalue weighted by molar-refractivity contribution is 6.06. The molecule has 3 aromatic rings. The van der Waals surface area contributed by atoms with Crippen LogP contribution in [0.15, 0.2) is 85.5 Å². The maximum Gasteiger partial charge on any atom is 0.185 e. The fourth-order valence-corrected chi connectivity index (χ4v) is 2.94. The van der Waals surface area contributed by atoms with Crippen LogP contribution in [0.25, 0.3) is 11.6 Å². The van der Waals surface area contributed by atoms with Gasteiger partial charge in [-0.15, -0.1) is 0 Å². The highest BCUT2D eigenvalue weighted by atomic mass is 19.1. The summed E-state index contributed by atoms with van der Waals surface area (Å²) in [5.41, 5.74) is 5.93. The van der Waals surface area contributed by atoms with Gasteiger partial charge in [0.2, 0.25) is 0 Å². The molecule has 3 rings (SSSR count). The fourth-order valence-electron chi connectivity index (χ4n) is 2.94. The summed E-state index contributed by atoms with van der Waals surface area (Å²) < 4.78 is 18.7. The highest BCUT2D eigenvalue weighted by Gasteiger charge is 2.02. The Bertz CT molecular complexity index is 1010. The second-order valence-corrected chi connectivity index (χ2v) is 7.23. The standard InChI is InChI=1S/C27H25FO2/c1-20(2)24-10-7-23(8-11-24)19-30-18-17-22-5-3-21(4-6-22)9-16-27(29)25-12-14-26(28)15-13-25/h3-16H,1,17-19H2,2H3. The van der Waals surface area contributed by atoms with Crippen molar-refractivity contribution in [3.05, 3.63) is 119 Å². The average Bonchev–Trinajstić information content (AvgIpc) is 2.76. The molecular weight excluding hydrogens is 375 g/mol. The van der Waals surface area contributed by atoms with E-state index in [1.807, 2.05) is 31.2 Å². The summed E-state index contributed by atoms with van der Waals surface area (Å²) in [4.78, 5) is 12.1. The molecule has 30 heavy (non-hydrogen) atoms. The summed E-state index contributed by atoms with van der Waals surface area (Å²) in [7, 11) is 0. The van der Waals surface area contributed by atoms with Crippen molar-refractivity contribution in [2.75, 3.05) is 6.61 Å². The minimum atomic E-state index is -0.351. The van der Waals surface area contributed by atoms with Gasteiger partial charge in [-0.2, -0.15) is 0 Å². The molecule has 0 aliphatic carbocycles. The monoisotopic (exact) mass is 400 g/mol. The normalized spacial score (nSPS) is 11.0. The van der Waals surface area contributed by atoms with Gasteiger partial charge in [0.05, 0.1) is 13.2 Å². The summed E-state index contributed by atoms with van der Waals surface area (Å²) in [6, 6.07) is 21.8. The zero-order chi connectivity index (χ0) is 21.3. The average molecular weight is 400 g/mol. The molecule has 0 spiro atoms. The maximum absolute atomic E-state index is 12.9. The molecular formula is C27H25FO2. The number of carbonyl (C=O) groups excluding carboxylic acids is 1. The Morgan fingerprint density at radius 1 is 0.900 bits per heavy atom. The molecule has 0 N–H and O–H groups in total. The van der Waals surface area contributed by atoms with Crippen molar-refractivity contribution in [3.8, 4) is 0 Å². The molecule has 0 amide bonds. The number of halogens is 1. The SMILES string of the molecule is C=C(C)c1ccc(COCCc2ccc(C=CC(=O)c3ccc(F)cc3)cc2)cc1. The van der Waals surface area contributed by atoms with Gasteiger partial charge in [0.25, 0.3) is 0 Å². The van der Waals surface area contributed by atoms with Gasteiger partial charge in [0.15, 0.2) is 5.78 Å². The van der Waals surface area contributed by atoms with Crippen LogP contribution >= 0.6 is 0 Å². The van der Waals surface area contributed by atoms with Crippen LogP contribution in [0.5, 0.6) is 0 Å². The van der Waals surface area contributed by atoms with Crippen LogP contribution in [-0.4, -0.2) is 12.4 Å². The minimum absolute atomic E-state index is 0.149. The lowest BCUT2D eigenvalue weighted by atomic mass is 10.1. The molecule has 3 heteroatoms. The summed E-state index contributed by atoms with van der Waals surface area (Å²) in [6.45, 7) is 7.16. The molecule has 0 atom stereocenters. The molecule has 0 radical (unpaired) electrons. The van der Waals surface area contributed by atoms with E-state index in [0.717, 1.165) is 28.7 Å². The van der Waals surface area contributed by atoms with Gasteiger partial charge in [-0.25, -0.2) is 4.39 Å². The third-order valence-corrected chi connectivity index (χ3v) is 4.79. The number of rotatable bonds is 9. The second-order valence-electron chi connectivity index (χ2n) is 7.23. The van der Waals surface area contributed by atoms with Crippen LogP contribution in [0.3, 0.4) is 0 Å². The first-order valence-corrected chi connectivity index (χ1v) is 9.91. The summed E-state index contributed by atoms with van der Waals surface area (Å²) >= 11 is 0. The van der Waals surface area contributed by atoms with Crippen LogP contribution in [0.4, 0.5) is 4.39 Å². The van der Waals surface area contributed by atoms with Gasteiger partial charge in [-0.3, -0.25) is 4.79 Å². The fraction of sp³-hybridized carbons (Fsp3) is 0.148. The van der Waals surface area contributed by atoms with Crippen molar-refractivity contribution in [1.82, 2.24) is 0 Å². The number of carbonyl (C=O) groups is 1. The molecule has 0 saturated heterocycles. The zero-order valence-corrected chi connectivity index (χ0v) is 17.1. The maximum atomic E-state index is 12.9. The van der Waals surface area contributed by atoms with E-state index in [1.54, 1.807) is 6.08 Å². The molecule has 3 aromatic carbocycles. The lowest BCUT2D eigenvalue weighted by Crippen LogP contribution is -1.99. The van der Waals surface area contributed by atoms with Gasteiger partial charge >= 0.3 is 0 Å². The Morgan fingerprint density at radius 2 is 1.50 bits per heavy atom. The zero-order valence-electron chi connectivity index (χ0n) is 17.1. The van der Waals surface area contributed by atoms with Crippen molar-refractivity contribution in [1.29, 1.82) is 0 Å². The van der Waals surface area contributed by atoms with E-state index in [4.69, 9.17) is 4.74 Å². The topological polar surface area (TPSA) is 26.3 Å². The van der Waals surface area contributed by atoms with E-state index in [0.29, 0.717) is 18.8 Å². The lowest BCUT2D eigenvalue weighted by Gasteiger charge is -2.06. The Balaban J connectivity index is 1.44. The molecule has 0 unspecified atom stereocenters. The first kappa shape index (κ1) is 21.4. The van der Waals surface area contributed by atoms with Gasteiger partial charge in [0.1, 0.15) is 5.82 Å². The van der Waals surface area contributed by atoms with Crippen molar-refractivity contribution < 1.29 is 13.9 Å². The number of hydrogen-bond donors (Lipinski definition) is 0. The Hall–Kier alpha value is -3.30. The highest BCUT2D eigenvalue weighted by Crippen LogP contribution is 2.13. The predicted molar refractivity (Wildman–Crippen MR) is 121 cm³/mol. The third-order valence-electron chi connectivity index (χ3n) is 4.79. The van der Waals surface area contributed by atoms with Crippen LogP contribution in [0.1, 0.15) is 39.5 Å². The van der Waals surface area contributed by atoms with Crippen molar-refractivity contribution in [2.24, 2.45) is 0 Å². The second kappa shape index (κ2) is 10.5. The molecule has 0 saturated carbocycles. The van der Waals surface area contributed by atoms with E-state index < -0.39 is 0 Å². The molecule has 2 nitrogen and oxygen atoms in total.